The molecule has 21 heavy (non-hydrogen) atoms. The van der Waals surface area contributed by atoms with Crippen LogP contribution >= 0.6 is 11.8 Å². The van der Waals surface area contributed by atoms with Gasteiger partial charge in [0.25, 0.3) is 0 Å². The Kier molecular flexibility index (Phi) is 5.52. The molecule has 0 bridgehead atoms. The first kappa shape index (κ1) is 15.3. The van der Waals surface area contributed by atoms with E-state index in [-0.39, 0.29) is 0 Å². The number of rotatable bonds is 6. The minimum Gasteiger partial charge on any atom is -0.155 e. The Morgan fingerprint density at radius 3 is 2.14 bits per heavy atom. The Balaban J connectivity index is 1.94. The van der Waals surface area contributed by atoms with E-state index in [2.05, 4.69) is 71.9 Å². The number of nitrogens with zero attached hydrogens (tertiary/aromatic N) is 2. The van der Waals surface area contributed by atoms with Gasteiger partial charge >= 0.3 is 0 Å². The molecule has 3 heteroatoms. The molecule has 0 N–H and O–H groups in total. The number of azo groups is 1. The Labute approximate surface area is 130 Å². The number of allylic oxidation sites excluding steroid dienone is 1. The fraction of sp³-hybridized carbons (Fsp3) is 0.111. The quantitative estimate of drug-likeness (QED) is 0.596. The van der Waals surface area contributed by atoms with E-state index >= 15 is 0 Å². The van der Waals surface area contributed by atoms with Gasteiger partial charge in [-0.1, -0.05) is 67.8 Å². The molecule has 2 aromatic rings. The summed E-state index contributed by atoms with van der Waals surface area (Å²) in [6, 6.07) is 18.9. The van der Waals surface area contributed by atoms with Crippen LogP contribution < -0.4 is 0 Å². The first-order valence-corrected chi connectivity index (χ1v) is 7.67. The lowest BCUT2D eigenvalue weighted by Crippen LogP contribution is -1.82. The molecule has 0 unspecified atom stereocenters. The summed E-state index contributed by atoms with van der Waals surface area (Å²) in [7, 11) is 0. The van der Waals surface area contributed by atoms with Gasteiger partial charge in [0.2, 0.25) is 0 Å². The van der Waals surface area contributed by atoms with Crippen molar-refractivity contribution in [3.8, 4) is 11.1 Å². The summed E-state index contributed by atoms with van der Waals surface area (Å²) in [4.78, 5) is 0. The maximum atomic E-state index is 4.00. The topological polar surface area (TPSA) is 24.7 Å². The summed E-state index contributed by atoms with van der Waals surface area (Å²) in [5.74, 6) is 0.836. The molecule has 0 aliphatic carbocycles. The minimum atomic E-state index is 0.684. The van der Waals surface area contributed by atoms with Crippen LogP contribution in [-0.2, 0) is 5.75 Å². The molecule has 2 nitrogen and oxygen atoms in total. The summed E-state index contributed by atoms with van der Waals surface area (Å²) in [5.41, 5.74) is 4.39. The van der Waals surface area contributed by atoms with Crippen molar-refractivity contribution in [2.75, 3.05) is 0 Å². The second kappa shape index (κ2) is 7.60. The van der Waals surface area contributed by atoms with Crippen LogP contribution in [0.5, 0.6) is 0 Å². The third-order valence-electron chi connectivity index (χ3n) is 2.80. The van der Waals surface area contributed by atoms with Crippen molar-refractivity contribution in [1.29, 1.82) is 0 Å². The highest BCUT2D eigenvalue weighted by Crippen LogP contribution is 2.24. The van der Waals surface area contributed by atoms with Crippen LogP contribution in [0.15, 0.2) is 88.7 Å². The molecule has 0 fully saturated rings. The third kappa shape index (κ3) is 5.04. The molecule has 0 spiro atoms. The molecular formula is C18H18N2S. The first-order valence-electron chi connectivity index (χ1n) is 6.68. The van der Waals surface area contributed by atoms with Crippen LogP contribution in [0.25, 0.3) is 11.1 Å². The largest absolute Gasteiger partial charge is 0.155 e. The van der Waals surface area contributed by atoms with Gasteiger partial charge in [0.15, 0.2) is 0 Å². The molecule has 106 valence electrons. The van der Waals surface area contributed by atoms with E-state index in [4.69, 9.17) is 0 Å². The van der Waals surface area contributed by atoms with Gasteiger partial charge in [0.1, 0.15) is 5.03 Å². The van der Waals surface area contributed by atoms with Crippen LogP contribution in [0.1, 0.15) is 12.5 Å². The molecule has 0 aromatic heterocycles. The molecule has 0 atom stereocenters. The summed E-state index contributed by atoms with van der Waals surface area (Å²) in [6.07, 6.45) is 0. The van der Waals surface area contributed by atoms with E-state index in [9.17, 15) is 0 Å². The summed E-state index contributed by atoms with van der Waals surface area (Å²) >= 11 is 1.58. The molecule has 0 aliphatic rings. The maximum Gasteiger partial charge on any atom is 0.112 e. The van der Waals surface area contributed by atoms with Gasteiger partial charge in [-0.2, -0.15) is 5.11 Å². The van der Waals surface area contributed by atoms with Gasteiger partial charge < -0.3 is 0 Å². The Hall–Kier alpha value is -2.13. The number of hydrogen-bond acceptors (Lipinski definition) is 3. The summed E-state index contributed by atoms with van der Waals surface area (Å²) in [6.45, 7) is 9.35. The van der Waals surface area contributed by atoms with Crippen molar-refractivity contribution in [2.24, 2.45) is 10.2 Å². The zero-order valence-electron chi connectivity index (χ0n) is 12.1. The molecular weight excluding hydrogens is 276 g/mol. The molecule has 0 saturated heterocycles. The van der Waals surface area contributed by atoms with Gasteiger partial charge in [-0.05, 0) is 23.6 Å². The van der Waals surface area contributed by atoms with E-state index < -0.39 is 0 Å². The van der Waals surface area contributed by atoms with Gasteiger partial charge in [-0.15, -0.1) is 16.9 Å². The van der Waals surface area contributed by atoms with E-state index in [1.54, 1.807) is 11.8 Å². The van der Waals surface area contributed by atoms with E-state index in [0.717, 1.165) is 5.75 Å². The summed E-state index contributed by atoms with van der Waals surface area (Å²) in [5, 5.41) is 8.60. The maximum absolute atomic E-state index is 4.00. The lowest BCUT2D eigenvalue weighted by atomic mass is 10.0. The minimum absolute atomic E-state index is 0.684. The van der Waals surface area contributed by atoms with E-state index in [1.165, 1.54) is 16.7 Å². The second-order valence-corrected chi connectivity index (χ2v) is 5.73. The zero-order chi connectivity index (χ0) is 15.1. The molecule has 0 radical (unpaired) electrons. The van der Waals surface area contributed by atoms with Crippen molar-refractivity contribution in [2.45, 2.75) is 12.7 Å². The highest BCUT2D eigenvalue weighted by molar-refractivity contribution is 8.02. The SMILES string of the molecule is C=C(C)/N=N\C(=C)SCc1ccc(-c2ccccc2)cc1. The van der Waals surface area contributed by atoms with Crippen molar-refractivity contribution < 1.29 is 0 Å². The van der Waals surface area contributed by atoms with E-state index in [1.807, 2.05) is 13.0 Å². The van der Waals surface area contributed by atoms with Crippen molar-refractivity contribution in [3.63, 3.8) is 0 Å². The zero-order valence-corrected chi connectivity index (χ0v) is 12.9. The van der Waals surface area contributed by atoms with Crippen LogP contribution in [0.4, 0.5) is 0 Å². The molecule has 0 amide bonds. The lowest BCUT2D eigenvalue weighted by Gasteiger charge is -2.04. The standard InChI is InChI=1S/C18H18N2S/c1-14(2)19-20-15(3)21-13-16-9-11-18(12-10-16)17-7-5-4-6-8-17/h4-12H,1,3,13H2,2H3/b20-19-. The fourth-order valence-electron chi connectivity index (χ4n) is 1.76. The highest BCUT2D eigenvalue weighted by atomic mass is 32.2. The van der Waals surface area contributed by atoms with Gasteiger partial charge in [0, 0.05) is 5.75 Å². The molecule has 0 heterocycles. The number of benzene rings is 2. The Morgan fingerprint density at radius 1 is 0.905 bits per heavy atom. The Bertz CT molecular complexity index is 643. The van der Waals surface area contributed by atoms with Crippen molar-refractivity contribution in [3.05, 3.63) is 84.0 Å². The van der Waals surface area contributed by atoms with Gasteiger partial charge in [-0.25, -0.2) is 0 Å². The molecule has 0 aliphatic heterocycles. The third-order valence-corrected chi connectivity index (χ3v) is 3.69. The van der Waals surface area contributed by atoms with Crippen LogP contribution in [-0.4, -0.2) is 0 Å². The highest BCUT2D eigenvalue weighted by Gasteiger charge is 1.99. The lowest BCUT2D eigenvalue weighted by molar-refractivity contribution is 1.12. The average molecular weight is 294 g/mol. The molecule has 2 rings (SSSR count). The number of hydrogen-bond donors (Lipinski definition) is 0. The van der Waals surface area contributed by atoms with Crippen LogP contribution in [0, 0.1) is 0 Å². The number of thioether (sulfide) groups is 1. The predicted molar refractivity (Wildman–Crippen MR) is 92.0 cm³/mol. The average Bonchev–Trinajstić information content (AvgIpc) is 2.52. The van der Waals surface area contributed by atoms with Gasteiger partial charge in [-0.3, -0.25) is 0 Å². The molecule has 2 aromatic carbocycles. The first-order chi connectivity index (χ1) is 10.1. The van der Waals surface area contributed by atoms with Crippen LogP contribution in [0.3, 0.4) is 0 Å². The van der Waals surface area contributed by atoms with E-state index in [0.29, 0.717) is 10.7 Å². The van der Waals surface area contributed by atoms with Gasteiger partial charge in [0.05, 0.1) is 5.70 Å². The second-order valence-electron chi connectivity index (χ2n) is 4.68. The van der Waals surface area contributed by atoms with Crippen molar-refractivity contribution >= 4 is 11.8 Å². The predicted octanol–water partition coefficient (Wildman–Crippen LogP) is 6.04. The van der Waals surface area contributed by atoms with Crippen LogP contribution in [0.2, 0.25) is 0 Å². The summed E-state index contributed by atoms with van der Waals surface area (Å²) < 4.78 is 0. The van der Waals surface area contributed by atoms with Crippen molar-refractivity contribution in [1.82, 2.24) is 0 Å². The molecule has 0 saturated carbocycles. The monoisotopic (exact) mass is 294 g/mol. The normalized spacial score (nSPS) is 10.7. The fourth-order valence-corrected chi connectivity index (χ4v) is 2.38. The Morgan fingerprint density at radius 2 is 1.52 bits per heavy atom. The smallest absolute Gasteiger partial charge is 0.112 e.